The Morgan fingerprint density at radius 1 is 0.897 bits per heavy atom. The second kappa shape index (κ2) is 8.90. The van der Waals surface area contributed by atoms with Gasteiger partial charge in [0.2, 0.25) is 0 Å². The van der Waals surface area contributed by atoms with Crippen LogP contribution in [0.4, 0.5) is 0 Å². The molecule has 3 aromatic rings. The van der Waals surface area contributed by atoms with Crippen molar-refractivity contribution in [2.45, 2.75) is 12.8 Å². The number of hydrogen-bond donors (Lipinski definition) is 1. The third kappa shape index (κ3) is 4.58. The van der Waals surface area contributed by atoms with Crippen molar-refractivity contribution in [3.05, 3.63) is 80.3 Å². The van der Waals surface area contributed by atoms with E-state index in [0.717, 1.165) is 18.4 Å². The zero-order valence-corrected chi connectivity index (χ0v) is 18.1. The lowest BCUT2D eigenvalue weighted by atomic mass is 10.1. The topological polar surface area (TPSA) is 43.8 Å². The van der Waals surface area contributed by atoms with Crippen LogP contribution in [0.25, 0.3) is 6.08 Å². The number of carbonyl (C=O) groups is 1. The van der Waals surface area contributed by atoms with Gasteiger partial charge >= 0.3 is 0 Å². The molecule has 0 aliphatic carbocycles. The van der Waals surface area contributed by atoms with Gasteiger partial charge in [0.05, 0.1) is 0 Å². The molecule has 29 heavy (non-hydrogen) atoms. The van der Waals surface area contributed by atoms with Gasteiger partial charge in [0, 0.05) is 22.8 Å². The molecule has 148 valence electrons. The summed E-state index contributed by atoms with van der Waals surface area (Å²) < 4.78 is 0. The Labute approximate surface area is 183 Å². The molecule has 1 amide bonds. The van der Waals surface area contributed by atoms with Crippen molar-refractivity contribution in [2.24, 2.45) is 0 Å². The number of thiocarbonyl (C=S) groups is 1. The van der Waals surface area contributed by atoms with Crippen LogP contribution in [0.3, 0.4) is 0 Å². The van der Waals surface area contributed by atoms with E-state index in [1.54, 1.807) is 51.8 Å². The van der Waals surface area contributed by atoms with Gasteiger partial charge in [0.15, 0.2) is 5.11 Å². The highest BCUT2D eigenvalue weighted by Gasteiger charge is 2.37. The predicted octanol–water partition coefficient (Wildman–Crippen LogP) is 4.77. The molecule has 4 rings (SSSR count). The monoisotopic (exact) mass is 440 g/mol. The molecule has 7 heteroatoms. The molecule has 4 nitrogen and oxygen atoms in total. The highest BCUT2D eigenvalue weighted by molar-refractivity contribution is 7.80. The molecule has 1 N–H and O–H groups in total. The Balaban J connectivity index is 1.58. The average molecular weight is 441 g/mol. The van der Waals surface area contributed by atoms with Crippen molar-refractivity contribution < 1.29 is 9.90 Å². The van der Waals surface area contributed by atoms with Crippen LogP contribution in [0.5, 0.6) is 5.75 Å². The zero-order valence-electron chi connectivity index (χ0n) is 15.7. The van der Waals surface area contributed by atoms with Crippen molar-refractivity contribution in [3.8, 4) is 5.75 Å². The highest BCUT2D eigenvalue weighted by Crippen LogP contribution is 2.26. The number of benzene rings is 1. The fourth-order valence-corrected chi connectivity index (χ4v) is 4.98. The molecule has 0 radical (unpaired) electrons. The molecular formula is C22H20N2O2S3. The van der Waals surface area contributed by atoms with E-state index < -0.39 is 0 Å². The van der Waals surface area contributed by atoms with Gasteiger partial charge in [-0.25, -0.2) is 0 Å². The first-order valence-corrected chi connectivity index (χ1v) is 11.5. The second-order valence-electron chi connectivity index (χ2n) is 6.67. The lowest BCUT2D eigenvalue weighted by Gasteiger charge is -2.20. The van der Waals surface area contributed by atoms with Crippen molar-refractivity contribution in [1.29, 1.82) is 0 Å². The smallest absolute Gasteiger partial charge is 0.276 e. The Bertz CT molecular complexity index is 1010. The number of rotatable bonds is 7. The maximum absolute atomic E-state index is 13.2. The van der Waals surface area contributed by atoms with Gasteiger partial charge in [-0.1, -0.05) is 24.3 Å². The predicted molar refractivity (Wildman–Crippen MR) is 123 cm³/mol. The first kappa shape index (κ1) is 19.8. The van der Waals surface area contributed by atoms with Crippen LogP contribution in [0.2, 0.25) is 0 Å². The van der Waals surface area contributed by atoms with Crippen LogP contribution in [0, 0.1) is 0 Å². The Morgan fingerprint density at radius 2 is 1.48 bits per heavy atom. The van der Waals surface area contributed by atoms with Crippen LogP contribution in [-0.2, 0) is 17.6 Å². The van der Waals surface area contributed by atoms with E-state index in [4.69, 9.17) is 12.2 Å². The fourth-order valence-electron chi connectivity index (χ4n) is 3.22. The Morgan fingerprint density at radius 3 is 2.03 bits per heavy atom. The number of phenolic OH excluding ortho intramolecular Hbond substituents is 1. The quantitative estimate of drug-likeness (QED) is 0.425. The summed E-state index contributed by atoms with van der Waals surface area (Å²) in [6.45, 7) is 1.23. The number of hydrogen-bond acceptors (Lipinski definition) is 5. The Kier molecular flexibility index (Phi) is 6.08. The molecule has 0 saturated carbocycles. The minimum atomic E-state index is -0.0641. The van der Waals surface area contributed by atoms with E-state index in [1.165, 1.54) is 9.75 Å². The molecule has 1 aliphatic heterocycles. The van der Waals surface area contributed by atoms with Crippen molar-refractivity contribution in [2.75, 3.05) is 13.1 Å². The number of nitrogens with zero attached hydrogens (tertiary/aromatic N) is 2. The van der Waals surface area contributed by atoms with E-state index in [9.17, 15) is 9.90 Å². The number of carbonyl (C=O) groups excluding carboxylic acids is 1. The van der Waals surface area contributed by atoms with E-state index in [0.29, 0.717) is 23.9 Å². The van der Waals surface area contributed by atoms with Crippen molar-refractivity contribution in [3.63, 3.8) is 0 Å². The molecular weight excluding hydrogens is 420 g/mol. The summed E-state index contributed by atoms with van der Waals surface area (Å²) in [5.41, 5.74) is 1.44. The van der Waals surface area contributed by atoms with E-state index in [1.807, 2.05) is 28.5 Å². The van der Waals surface area contributed by atoms with E-state index >= 15 is 0 Å². The summed E-state index contributed by atoms with van der Waals surface area (Å²) in [4.78, 5) is 19.4. The summed E-state index contributed by atoms with van der Waals surface area (Å²) >= 11 is 9.10. The van der Waals surface area contributed by atoms with E-state index in [2.05, 4.69) is 17.5 Å². The molecule has 1 fully saturated rings. The summed E-state index contributed by atoms with van der Waals surface area (Å²) in [7, 11) is 0. The first-order valence-electron chi connectivity index (χ1n) is 9.30. The van der Waals surface area contributed by atoms with Crippen LogP contribution in [0.15, 0.2) is 65.0 Å². The molecule has 1 aromatic carbocycles. The van der Waals surface area contributed by atoms with Gasteiger partial charge in [-0.05, 0) is 71.7 Å². The van der Waals surface area contributed by atoms with Gasteiger partial charge in [-0.3, -0.25) is 9.69 Å². The molecule has 1 saturated heterocycles. The van der Waals surface area contributed by atoms with E-state index in [-0.39, 0.29) is 11.7 Å². The standard InChI is InChI=1S/C22H20N2O2S3/c25-17-7-5-16(6-8-17)15-20-21(26)24(12-10-19-4-2-14-29-19)22(27)23(20)11-9-18-3-1-13-28-18/h1-8,13-15,25H,9-12H2/b20-15+. The van der Waals surface area contributed by atoms with Gasteiger partial charge in [0.25, 0.3) is 5.91 Å². The average Bonchev–Trinajstić information content (AvgIpc) is 3.45. The highest BCUT2D eigenvalue weighted by atomic mass is 32.1. The third-order valence-electron chi connectivity index (χ3n) is 4.74. The largest absolute Gasteiger partial charge is 0.508 e. The Hall–Kier alpha value is -2.48. The minimum Gasteiger partial charge on any atom is -0.508 e. The number of amides is 1. The fraction of sp³-hybridized carbons (Fsp3) is 0.182. The summed E-state index contributed by atoms with van der Waals surface area (Å²) in [6.07, 6.45) is 3.47. The molecule has 0 bridgehead atoms. The number of phenols is 1. The zero-order chi connectivity index (χ0) is 20.2. The summed E-state index contributed by atoms with van der Waals surface area (Å²) in [5, 5.41) is 14.2. The number of aromatic hydroxyl groups is 1. The van der Waals surface area contributed by atoms with Crippen molar-refractivity contribution in [1.82, 2.24) is 9.80 Å². The molecule has 2 aromatic heterocycles. The van der Waals surface area contributed by atoms with Crippen LogP contribution < -0.4 is 0 Å². The molecule has 0 atom stereocenters. The first-order chi connectivity index (χ1) is 14.1. The second-order valence-corrected chi connectivity index (χ2v) is 9.10. The van der Waals surface area contributed by atoms with Gasteiger partial charge in [-0.15, -0.1) is 22.7 Å². The van der Waals surface area contributed by atoms with Crippen LogP contribution >= 0.6 is 34.9 Å². The van der Waals surface area contributed by atoms with Crippen LogP contribution in [0.1, 0.15) is 15.3 Å². The molecule has 0 spiro atoms. The van der Waals surface area contributed by atoms with Gasteiger partial charge in [0.1, 0.15) is 11.4 Å². The minimum absolute atomic E-state index is 0.0641. The summed E-state index contributed by atoms with van der Waals surface area (Å²) in [5.74, 6) is 0.137. The molecule has 3 heterocycles. The third-order valence-corrected chi connectivity index (χ3v) is 7.05. The van der Waals surface area contributed by atoms with Crippen molar-refractivity contribution >= 4 is 52.0 Å². The van der Waals surface area contributed by atoms with Gasteiger partial charge in [-0.2, -0.15) is 0 Å². The SMILES string of the molecule is O=C1/C(=C\c2ccc(O)cc2)N(CCc2cccs2)C(=S)N1CCc1cccs1. The lowest BCUT2D eigenvalue weighted by Crippen LogP contribution is -2.34. The lowest BCUT2D eigenvalue weighted by molar-refractivity contribution is -0.122. The maximum atomic E-state index is 13.2. The summed E-state index contributed by atoms with van der Waals surface area (Å²) in [6, 6.07) is 15.1. The molecule has 1 aliphatic rings. The van der Waals surface area contributed by atoms with Crippen LogP contribution in [-0.4, -0.2) is 39.0 Å². The molecule has 0 unspecified atom stereocenters. The number of thiophene rings is 2. The van der Waals surface area contributed by atoms with Gasteiger partial charge < -0.3 is 10.0 Å². The maximum Gasteiger partial charge on any atom is 0.276 e. The normalized spacial score (nSPS) is 15.7.